The summed E-state index contributed by atoms with van der Waals surface area (Å²) in [6.45, 7) is 4.60. The maximum Gasteiger partial charge on any atom is 0.252 e. The van der Waals surface area contributed by atoms with Gasteiger partial charge in [0.25, 0.3) is 10.0 Å². The summed E-state index contributed by atoms with van der Waals surface area (Å²) in [6.07, 6.45) is 1.34. The van der Waals surface area contributed by atoms with E-state index in [1.807, 2.05) is 6.92 Å². The number of sulfonamides is 1. The topological polar surface area (TPSA) is 92.5 Å². The SMILES string of the molecule is Cc1noc(C)c1CNC(=O)C1CCCN(S(=O)(=O)c2ccc(Br)s2)C1. The molecule has 0 aliphatic carbocycles. The van der Waals surface area contributed by atoms with E-state index in [1.165, 1.54) is 15.6 Å². The molecule has 0 spiro atoms. The third-order valence-corrected chi connectivity index (χ3v) is 8.47. The standard InChI is InChI=1S/C16H20BrN3O4S2/c1-10-13(11(2)24-19-10)8-18-16(21)12-4-3-7-20(9-12)26(22,23)15-6-5-14(17)25-15/h5-6,12H,3-4,7-9H2,1-2H3,(H,18,21). The van der Waals surface area contributed by atoms with Gasteiger partial charge in [-0.2, -0.15) is 4.31 Å². The second kappa shape index (κ2) is 7.79. The number of nitrogens with zero attached hydrogens (tertiary/aromatic N) is 2. The number of rotatable bonds is 5. The van der Waals surface area contributed by atoms with Crippen molar-refractivity contribution in [2.24, 2.45) is 5.92 Å². The van der Waals surface area contributed by atoms with Crippen LogP contribution in [0.2, 0.25) is 0 Å². The lowest BCUT2D eigenvalue weighted by Gasteiger charge is -2.30. The molecule has 26 heavy (non-hydrogen) atoms. The second-order valence-electron chi connectivity index (χ2n) is 6.28. The first-order valence-corrected chi connectivity index (χ1v) is 11.3. The molecule has 10 heteroatoms. The van der Waals surface area contributed by atoms with Crippen LogP contribution < -0.4 is 5.32 Å². The number of hydrogen-bond donors (Lipinski definition) is 1. The molecule has 1 aliphatic rings. The van der Waals surface area contributed by atoms with Gasteiger partial charge in [-0.1, -0.05) is 5.16 Å². The normalized spacial score (nSPS) is 18.8. The minimum absolute atomic E-state index is 0.141. The average molecular weight is 462 g/mol. The summed E-state index contributed by atoms with van der Waals surface area (Å²) in [5.74, 6) is 0.179. The minimum atomic E-state index is -3.56. The van der Waals surface area contributed by atoms with Gasteiger partial charge < -0.3 is 9.84 Å². The van der Waals surface area contributed by atoms with Gasteiger partial charge in [-0.25, -0.2) is 8.42 Å². The first-order chi connectivity index (χ1) is 12.3. The van der Waals surface area contributed by atoms with E-state index in [1.54, 1.807) is 19.1 Å². The van der Waals surface area contributed by atoms with Crippen molar-refractivity contribution in [3.8, 4) is 0 Å². The molecule has 0 saturated carbocycles. The van der Waals surface area contributed by atoms with E-state index in [4.69, 9.17) is 4.52 Å². The lowest BCUT2D eigenvalue weighted by molar-refractivity contribution is -0.126. The Morgan fingerprint density at radius 2 is 2.23 bits per heavy atom. The zero-order chi connectivity index (χ0) is 18.9. The highest BCUT2D eigenvalue weighted by Crippen LogP contribution is 2.30. The largest absolute Gasteiger partial charge is 0.361 e. The van der Waals surface area contributed by atoms with Crippen molar-refractivity contribution in [2.75, 3.05) is 13.1 Å². The Labute approximate surface area is 164 Å². The molecule has 0 bridgehead atoms. The van der Waals surface area contributed by atoms with Crippen LogP contribution in [0.25, 0.3) is 0 Å². The fourth-order valence-electron chi connectivity index (χ4n) is 3.01. The molecule has 7 nitrogen and oxygen atoms in total. The zero-order valence-corrected chi connectivity index (χ0v) is 17.7. The summed E-state index contributed by atoms with van der Waals surface area (Å²) < 4.78 is 33.1. The van der Waals surface area contributed by atoms with Crippen molar-refractivity contribution in [3.05, 3.63) is 32.9 Å². The van der Waals surface area contributed by atoms with Gasteiger partial charge in [-0.15, -0.1) is 11.3 Å². The number of aryl methyl sites for hydroxylation is 2. The molecule has 2 aromatic rings. The second-order valence-corrected chi connectivity index (χ2v) is 10.9. The van der Waals surface area contributed by atoms with Gasteiger partial charge in [0.15, 0.2) is 0 Å². The number of amides is 1. The summed E-state index contributed by atoms with van der Waals surface area (Å²) in [6, 6.07) is 3.31. The van der Waals surface area contributed by atoms with Crippen molar-refractivity contribution < 1.29 is 17.7 Å². The first-order valence-electron chi connectivity index (χ1n) is 8.24. The fraction of sp³-hybridized carbons (Fsp3) is 0.500. The van der Waals surface area contributed by atoms with Gasteiger partial charge in [0.05, 0.1) is 15.4 Å². The fourth-order valence-corrected chi connectivity index (χ4v) is 6.70. The Morgan fingerprint density at radius 3 is 2.85 bits per heavy atom. The summed E-state index contributed by atoms with van der Waals surface area (Å²) in [5, 5.41) is 6.76. The van der Waals surface area contributed by atoms with Gasteiger partial charge in [-0.05, 0) is 54.8 Å². The van der Waals surface area contributed by atoms with Crippen molar-refractivity contribution in [1.29, 1.82) is 0 Å². The average Bonchev–Trinajstić information content (AvgIpc) is 3.19. The molecular weight excluding hydrogens is 442 g/mol. The molecule has 1 unspecified atom stereocenters. The highest BCUT2D eigenvalue weighted by Gasteiger charge is 2.34. The Hall–Kier alpha value is -1.23. The highest BCUT2D eigenvalue weighted by molar-refractivity contribution is 9.11. The molecule has 1 aliphatic heterocycles. The van der Waals surface area contributed by atoms with Crippen LogP contribution in [0.1, 0.15) is 29.9 Å². The van der Waals surface area contributed by atoms with E-state index < -0.39 is 10.0 Å². The summed E-state index contributed by atoms with van der Waals surface area (Å²) in [5.41, 5.74) is 1.61. The lowest BCUT2D eigenvalue weighted by atomic mass is 9.98. The van der Waals surface area contributed by atoms with Crippen molar-refractivity contribution in [2.45, 2.75) is 37.4 Å². The van der Waals surface area contributed by atoms with Gasteiger partial charge >= 0.3 is 0 Å². The number of carbonyl (C=O) groups is 1. The number of carbonyl (C=O) groups excluding carboxylic acids is 1. The monoisotopic (exact) mass is 461 g/mol. The maximum absolute atomic E-state index is 12.8. The molecule has 1 N–H and O–H groups in total. The number of piperidine rings is 1. The van der Waals surface area contributed by atoms with E-state index in [0.717, 1.165) is 15.0 Å². The number of hydrogen-bond acceptors (Lipinski definition) is 6. The number of thiophene rings is 1. The van der Waals surface area contributed by atoms with Crippen LogP contribution in [-0.2, 0) is 21.4 Å². The zero-order valence-electron chi connectivity index (χ0n) is 14.5. The molecule has 3 heterocycles. The van der Waals surface area contributed by atoms with Crippen molar-refractivity contribution in [3.63, 3.8) is 0 Å². The molecular formula is C16H20BrN3O4S2. The molecule has 1 saturated heterocycles. The number of halogens is 1. The van der Waals surface area contributed by atoms with E-state index in [9.17, 15) is 13.2 Å². The highest BCUT2D eigenvalue weighted by atomic mass is 79.9. The van der Waals surface area contributed by atoms with Crippen LogP contribution in [-0.4, -0.2) is 36.9 Å². The van der Waals surface area contributed by atoms with Gasteiger partial charge in [-0.3, -0.25) is 4.79 Å². The Morgan fingerprint density at radius 1 is 1.46 bits per heavy atom. The molecule has 142 valence electrons. The van der Waals surface area contributed by atoms with Crippen molar-refractivity contribution >= 4 is 43.2 Å². The molecule has 1 amide bonds. The van der Waals surface area contributed by atoms with E-state index in [2.05, 4.69) is 26.4 Å². The number of aromatic nitrogens is 1. The Bertz CT molecular complexity index is 887. The van der Waals surface area contributed by atoms with Gasteiger partial charge in [0, 0.05) is 25.2 Å². The van der Waals surface area contributed by atoms with Crippen LogP contribution in [0.4, 0.5) is 0 Å². The third kappa shape index (κ3) is 4.03. The smallest absolute Gasteiger partial charge is 0.252 e. The van der Waals surface area contributed by atoms with E-state index in [-0.39, 0.29) is 18.4 Å². The van der Waals surface area contributed by atoms with Gasteiger partial charge in [0.2, 0.25) is 5.91 Å². The quantitative estimate of drug-likeness (QED) is 0.738. The van der Waals surface area contributed by atoms with Crippen LogP contribution >= 0.6 is 27.3 Å². The predicted molar refractivity (Wildman–Crippen MR) is 101 cm³/mol. The third-order valence-electron chi connectivity index (χ3n) is 4.52. The lowest BCUT2D eigenvalue weighted by Crippen LogP contribution is -2.45. The van der Waals surface area contributed by atoms with Crippen molar-refractivity contribution in [1.82, 2.24) is 14.8 Å². The minimum Gasteiger partial charge on any atom is -0.361 e. The molecule has 3 rings (SSSR count). The Kier molecular flexibility index (Phi) is 5.85. The van der Waals surface area contributed by atoms with Crippen LogP contribution in [0.3, 0.4) is 0 Å². The summed E-state index contributed by atoms with van der Waals surface area (Å²) >= 11 is 4.47. The molecule has 0 aromatic carbocycles. The summed E-state index contributed by atoms with van der Waals surface area (Å²) in [7, 11) is -3.56. The predicted octanol–water partition coefficient (Wildman–Crippen LogP) is 2.83. The summed E-state index contributed by atoms with van der Waals surface area (Å²) in [4.78, 5) is 12.5. The molecule has 2 aromatic heterocycles. The molecule has 0 radical (unpaired) electrons. The maximum atomic E-state index is 12.8. The van der Waals surface area contributed by atoms with Crippen LogP contribution in [0.15, 0.2) is 24.7 Å². The van der Waals surface area contributed by atoms with E-state index in [0.29, 0.717) is 35.9 Å². The van der Waals surface area contributed by atoms with Crippen LogP contribution in [0.5, 0.6) is 0 Å². The van der Waals surface area contributed by atoms with E-state index >= 15 is 0 Å². The molecule has 1 atom stereocenters. The molecule has 1 fully saturated rings. The van der Waals surface area contributed by atoms with Gasteiger partial charge in [0.1, 0.15) is 9.97 Å². The van der Waals surface area contributed by atoms with Crippen LogP contribution in [0, 0.1) is 19.8 Å². The Balaban J connectivity index is 1.65. The first kappa shape index (κ1) is 19.5. The number of nitrogens with one attached hydrogen (secondary N) is 1.